The van der Waals surface area contributed by atoms with Gasteiger partial charge in [0.2, 0.25) is 0 Å². The summed E-state index contributed by atoms with van der Waals surface area (Å²) in [6.45, 7) is 1.60. The molecule has 20 heavy (non-hydrogen) atoms. The largest absolute Gasteiger partial charge is 0.490 e. The normalized spacial score (nSPS) is 10.3. The van der Waals surface area contributed by atoms with E-state index >= 15 is 0 Å². The lowest BCUT2D eigenvalue weighted by Gasteiger charge is -2.04. The van der Waals surface area contributed by atoms with Crippen molar-refractivity contribution in [2.45, 2.75) is 6.92 Å². The third kappa shape index (κ3) is 2.30. The monoisotopic (exact) mass is 277 g/mol. The molecular formula is C12H11N3O5. The summed E-state index contributed by atoms with van der Waals surface area (Å²) in [6.07, 6.45) is 1.50. The summed E-state index contributed by atoms with van der Waals surface area (Å²) in [4.78, 5) is 21.3. The molecule has 0 aliphatic heterocycles. The van der Waals surface area contributed by atoms with Crippen molar-refractivity contribution >= 4 is 11.7 Å². The lowest BCUT2D eigenvalue weighted by Crippen LogP contribution is -2.02. The van der Waals surface area contributed by atoms with Crippen LogP contribution in [0, 0.1) is 17.0 Å². The fourth-order valence-electron chi connectivity index (χ4n) is 1.77. The van der Waals surface area contributed by atoms with Crippen LogP contribution in [0.5, 0.6) is 5.75 Å². The van der Waals surface area contributed by atoms with Crippen LogP contribution < -0.4 is 4.74 Å². The van der Waals surface area contributed by atoms with E-state index in [1.807, 2.05) is 0 Å². The van der Waals surface area contributed by atoms with Crippen molar-refractivity contribution in [1.82, 2.24) is 9.78 Å². The molecule has 0 radical (unpaired) electrons. The minimum atomic E-state index is -1.15. The van der Waals surface area contributed by atoms with Gasteiger partial charge in [-0.25, -0.2) is 9.48 Å². The van der Waals surface area contributed by atoms with Gasteiger partial charge >= 0.3 is 11.7 Å². The minimum absolute atomic E-state index is 0.0940. The topological polar surface area (TPSA) is 107 Å². The number of aromatic nitrogens is 2. The fourth-order valence-corrected chi connectivity index (χ4v) is 1.77. The van der Waals surface area contributed by atoms with E-state index in [1.165, 1.54) is 30.1 Å². The van der Waals surface area contributed by atoms with E-state index in [4.69, 9.17) is 9.84 Å². The Hall–Kier alpha value is -2.90. The second-order valence-corrected chi connectivity index (χ2v) is 4.02. The predicted octanol–water partition coefficient (Wildman–Crippen LogP) is 1.80. The number of ether oxygens (including phenoxy) is 1. The smallest absolute Gasteiger partial charge is 0.356 e. The molecule has 8 heteroatoms. The molecule has 2 aromatic rings. The van der Waals surface area contributed by atoms with Crippen molar-refractivity contribution in [2.75, 3.05) is 7.11 Å². The Balaban J connectivity index is 2.53. The Morgan fingerprint density at radius 2 is 2.20 bits per heavy atom. The fraction of sp³-hybridized carbons (Fsp3) is 0.167. The maximum Gasteiger partial charge on any atom is 0.356 e. The van der Waals surface area contributed by atoms with Gasteiger partial charge in [0.05, 0.1) is 17.7 Å². The van der Waals surface area contributed by atoms with Crippen LogP contribution in [0.3, 0.4) is 0 Å². The van der Waals surface area contributed by atoms with Crippen LogP contribution in [-0.2, 0) is 0 Å². The second-order valence-electron chi connectivity index (χ2n) is 4.02. The van der Waals surface area contributed by atoms with Crippen LogP contribution in [0.15, 0.2) is 24.4 Å². The van der Waals surface area contributed by atoms with Gasteiger partial charge in [-0.05, 0) is 19.1 Å². The molecule has 0 fully saturated rings. The van der Waals surface area contributed by atoms with Crippen LogP contribution in [0.4, 0.5) is 5.69 Å². The highest BCUT2D eigenvalue weighted by atomic mass is 16.6. The van der Waals surface area contributed by atoms with Gasteiger partial charge in [0.25, 0.3) is 0 Å². The Bertz CT molecular complexity index is 692. The van der Waals surface area contributed by atoms with E-state index in [0.29, 0.717) is 11.3 Å². The summed E-state index contributed by atoms with van der Waals surface area (Å²) in [5.41, 5.74) is 0.544. The average Bonchev–Trinajstić information content (AvgIpc) is 2.80. The zero-order chi connectivity index (χ0) is 14.9. The SMILES string of the molecule is COc1ccc(-n2cc(C)c(C(=O)O)n2)cc1[N+](=O)[O-]. The second kappa shape index (κ2) is 5.00. The summed E-state index contributed by atoms with van der Waals surface area (Å²) < 4.78 is 6.18. The summed E-state index contributed by atoms with van der Waals surface area (Å²) in [5.74, 6) is -1.02. The molecule has 0 aliphatic rings. The molecule has 1 aromatic heterocycles. The zero-order valence-corrected chi connectivity index (χ0v) is 10.7. The predicted molar refractivity (Wildman–Crippen MR) is 68.5 cm³/mol. The first-order chi connectivity index (χ1) is 9.43. The Kier molecular flexibility index (Phi) is 3.38. The van der Waals surface area contributed by atoms with E-state index in [2.05, 4.69) is 5.10 Å². The number of nitro groups is 1. The van der Waals surface area contributed by atoms with E-state index in [-0.39, 0.29) is 17.1 Å². The van der Waals surface area contributed by atoms with Gasteiger partial charge in [0, 0.05) is 17.8 Å². The number of nitrogens with zero attached hydrogens (tertiary/aromatic N) is 3. The maximum absolute atomic E-state index is 10.9. The number of hydrogen-bond acceptors (Lipinski definition) is 5. The Morgan fingerprint density at radius 1 is 1.50 bits per heavy atom. The summed E-state index contributed by atoms with van der Waals surface area (Å²) in [7, 11) is 1.34. The maximum atomic E-state index is 10.9. The first-order valence-corrected chi connectivity index (χ1v) is 5.56. The summed E-state index contributed by atoms with van der Waals surface area (Å²) in [5, 5.41) is 23.8. The minimum Gasteiger partial charge on any atom is -0.490 e. The van der Waals surface area contributed by atoms with E-state index < -0.39 is 10.9 Å². The average molecular weight is 277 g/mol. The zero-order valence-electron chi connectivity index (χ0n) is 10.7. The van der Waals surface area contributed by atoms with E-state index in [9.17, 15) is 14.9 Å². The third-order valence-corrected chi connectivity index (χ3v) is 2.72. The molecule has 0 spiro atoms. The molecule has 0 atom stereocenters. The summed E-state index contributed by atoms with van der Waals surface area (Å²) >= 11 is 0. The number of benzene rings is 1. The van der Waals surface area contributed by atoms with Crippen LogP contribution >= 0.6 is 0 Å². The Morgan fingerprint density at radius 3 is 2.70 bits per heavy atom. The number of carboxylic acid groups (broad SMARTS) is 1. The van der Waals surface area contributed by atoms with Crippen LogP contribution in [-0.4, -0.2) is 32.9 Å². The number of aryl methyl sites for hydroxylation is 1. The van der Waals surface area contributed by atoms with Gasteiger partial charge in [-0.15, -0.1) is 0 Å². The highest BCUT2D eigenvalue weighted by Gasteiger charge is 2.18. The molecule has 0 bridgehead atoms. The third-order valence-electron chi connectivity index (χ3n) is 2.72. The van der Waals surface area contributed by atoms with Crippen molar-refractivity contribution in [2.24, 2.45) is 0 Å². The highest BCUT2D eigenvalue weighted by molar-refractivity contribution is 5.86. The molecule has 0 unspecified atom stereocenters. The molecule has 1 heterocycles. The van der Waals surface area contributed by atoms with Gasteiger partial charge < -0.3 is 9.84 Å². The van der Waals surface area contributed by atoms with Gasteiger partial charge in [-0.1, -0.05) is 0 Å². The van der Waals surface area contributed by atoms with E-state index in [1.54, 1.807) is 13.0 Å². The van der Waals surface area contributed by atoms with Crippen LogP contribution in [0.25, 0.3) is 5.69 Å². The van der Waals surface area contributed by atoms with Crippen LogP contribution in [0.2, 0.25) is 0 Å². The molecule has 1 N–H and O–H groups in total. The van der Waals surface area contributed by atoms with Crippen molar-refractivity contribution in [3.05, 3.63) is 45.8 Å². The lowest BCUT2D eigenvalue weighted by molar-refractivity contribution is -0.385. The van der Waals surface area contributed by atoms with E-state index in [0.717, 1.165) is 0 Å². The first kappa shape index (κ1) is 13.5. The number of carbonyl (C=O) groups is 1. The molecule has 104 valence electrons. The number of hydrogen-bond donors (Lipinski definition) is 1. The van der Waals surface area contributed by atoms with Crippen molar-refractivity contribution < 1.29 is 19.6 Å². The first-order valence-electron chi connectivity index (χ1n) is 5.56. The molecule has 8 nitrogen and oxygen atoms in total. The van der Waals surface area contributed by atoms with Crippen molar-refractivity contribution in [1.29, 1.82) is 0 Å². The molecule has 1 aromatic carbocycles. The molecule has 0 saturated carbocycles. The number of carboxylic acids is 1. The molecule has 0 aliphatic carbocycles. The molecule has 0 amide bonds. The summed E-state index contributed by atoms with van der Waals surface area (Å²) in [6, 6.07) is 4.27. The lowest BCUT2D eigenvalue weighted by atomic mass is 10.2. The van der Waals surface area contributed by atoms with Gasteiger partial charge in [-0.3, -0.25) is 10.1 Å². The highest BCUT2D eigenvalue weighted by Crippen LogP contribution is 2.29. The molecule has 2 rings (SSSR count). The Labute approximate surface area is 113 Å². The number of methoxy groups -OCH3 is 1. The standard InChI is InChI=1S/C12H11N3O5/c1-7-6-14(13-11(7)12(16)17)8-3-4-10(20-2)9(5-8)15(18)19/h3-6H,1-2H3,(H,16,17). The van der Waals surface area contributed by atoms with Crippen LogP contribution in [0.1, 0.15) is 16.1 Å². The number of nitro benzene ring substituents is 1. The number of rotatable bonds is 4. The molecule has 0 saturated heterocycles. The van der Waals surface area contributed by atoms with Crippen molar-refractivity contribution in [3.63, 3.8) is 0 Å². The quantitative estimate of drug-likeness (QED) is 0.674. The number of aromatic carboxylic acids is 1. The van der Waals surface area contributed by atoms with Gasteiger partial charge in [-0.2, -0.15) is 5.10 Å². The van der Waals surface area contributed by atoms with Gasteiger partial charge in [0.1, 0.15) is 0 Å². The van der Waals surface area contributed by atoms with Crippen molar-refractivity contribution in [3.8, 4) is 11.4 Å². The van der Waals surface area contributed by atoms with Gasteiger partial charge in [0.15, 0.2) is 11.4 Å². The molecular weight excluding hydrogens is 266 g/mol.